The molecule has 0 bridgehead atoms. The van der Waals surface area contributed by atoms with Crippen LogP contribution in [0.1, 0.15) is 36.2 Å². The first-order chi connectivity index (χ1) is 8.54. The molecular formula is C14H23N3O. The van der Waals surface area contributed by atoms with Crippen LogP contribution >= 0.6 is 0 Å². The van der Waals surface area contributed by atoms with Crippen molar-refractivity contribution in [2.45, 2.75) is 26.8 Å². The maximum atomic E-state index is 11.6. The summed E-state index contributed by atoms with van der Waals surface area (Å²) in [4.78, 5) is 13.9. The van der Waals surface area contributed by atoms with E-state index in [2.05, 4.69) is 31.2 Å². The Kier molecular flexibility index (Phi) is 5.82. The molecular weight excluding hydrogens is 226 g/mol. The van der Waals surface area contributed by atoms with E-state index in [4.69, 9.17) is 5.84 Å². The number of hydrogen-bond donors (Lipinski definition) is 2. The minimum atomic E-state index is -0.233. The van der Waals surface area contributed by atoms with Crippen molar-refractivity contribution in [1.82, 2.24) is 10.3 Å². The van der Waals surface area contributed by atoms with Crippen molar-refractivity contribution in [2.75, 3.05) is 13.6 Å². The molecule has 0 heterocycles. The molecule has 1 aromatic carbocycles. The molecule has 0 aromatic heterocycles. The zero-order valence-electron chi connectivity index (χ0n) is 11.4. The Hall–Kier alpha value is -1.39. The summed E-state index contributed by atoms with van der Waals surface area (Å²) >= 11 is 0. The van der Waals surface area contributed by atoms with Crippen LogP contribution in [0.2, 0.25) is 0 Å². The molecule has 0 aliphatic heterocycles. The Balaban J connectivity index is 2.69. The minimum absolute atomic E-state index is 0.233. The predicted octanol–water partition coefficient (Wildman–Crippen LogP) is 1.77. The van der Waals surface area contributed by atoms with Crippen molar-refractivity contribution in [1.29, 1.82) is 0 Å². The zero-order valence-corrected chi connectivity index (χ0v) is 11.4. The first-order valence-corrected chi connectivity index (χ1v) is 6.32. The first-order valence-electron chi connectivity index (χ1n) is 6.32. The monoisotopic (exact) mass is 249 g/mol. The summed E-state index contributed by atoms with van der Waals surface area (Å²) in [6.07, 6.45) is 1.15. The van der Waals surface area contributed by atoms with Gasteiger partial charge in [-0.1, -0.05) is 32.0 Å². The smallest absolute Gasteiger partial charge is 0.265 e. The second-order valence-electron chi connectivity index (χ2n) is 5.05. The van der Waals surface area contributed by atoms with E-state index in [1.165, 1.54) is 0 Å². The van der Waals surface area contributed by atoms with Crippen LogP contribution in [-0.2, 0) is 6.54 Å². The molecule has 0 saturated carbocycles. The van der Waals surface area contributed by atoms with Gasteiger partial charge in [-0.05, 0) is 37.6 Å². The lowest BCUT2D eigenvalue weighted by molar-refractivity contribution is 0.0952. The van der Waals surface area contributed by atoms with Gasteiger partial charge in [-0.25, -0.2) is 5.84 Å². The second kappa shape index (κ2) is 7.13. The third kappa shape index (κ3) is 4.47. The predicted molar refractivity (Wildman–Crippen MR) is 73.9 cm³/mol. The summed E-state index contributed by atoms with van der Waals surface area (Å²) < 4.78 is 0. The zero-order chi connectivity index (χ0) is 13.5. The Morgan fingerprint density at radius 2 is 2.06 bits per heavy atom. The quantitative estimate of drug-likeness (QED) is 0.459. The van der Waals surface area contributed by atoms with E-state index in [0.717, 1.165) is 25.1 Å². The van der Waals surface area contributed by atoms with E-state index in [0.29, 0.717) is 11.5 Å². The van der Waals surface area contributed by atoms with Crippen molar-refractivity contribution in [2.24, 2.45) is 11.8 Å². The fraction of sp³-hybridized carbons (Fsp3) is 0.500. The standard InChI is InChI=1S/C14H23N3O/c1-11(2)8-9-17(3)10-12-6-4-5-7-13(12)14(18)16-15/h4-7,11H,8-10,15H2,1-3H3,(H,16,18). The van der Waals surface area contributed by atoms with Gasteiger partial charge in [0.1, 0.15) is 0 Å². The Morgan fingerprint density at radius 1 is 1.39 bits per heavy atom. The minimum Gasteiger partial charge on any atom is -0.302 e. The highest BCUT2D eigenvalue weighted by molar-refractivity contribution is 5.95. The molecule has 4 nitrogen and oxygen atoms in total. The fourth-order valence-corrected chi connectivity index (χ4v) is 1.81. The van der Waals surface area contributed by atoms with Gasteiger partial charge in [0.2, 0.25) is 0 Å². The van der Waals surface area contributed by atoms with E-state index >= 15 is 0 Å². The van der Waals surface area contributed by atoms with Gasteiger partial charge in [0.25, 0.3) is 5.91 Å². The largest absolute Gasteiger partial charge is 0.302 e. The number of hydrogen-bond acceptors (Lipinski definition) is 3. The van der Waals surface area contributed by atoms with E-state index in [-0.39, 0.29) is 5.91 Å². The van der Waals surface area contributed by atoms with Gasteiger partial charge in [-0.15, -0.1) is 0 Å². The Bertz CT molecular complexity index is 390. The number of carbonyl (C=O) groups excluding carboxylic acids is 1. The lowest BCUT2D eigenvalue weighted by Gasteiger charge is -2.19. The summed E-state index contributed by atoms with van der Waals surface area (Å²) in [5.41, 5.74) is 3.84. The molecule has 0 spiro atoms. The van der Waals surface area contributed by atoms with Crippen molar-refractivity contribution in [3.8, 4) is 0 Å². The molecule has 4 heteroatoms. The van der Waals surface area contributed by atoms with Crippen LogP contribution < -0.4 is 11.3 Å². The summed E-state index contributed by atoms with van der Waals surface area (Å²) in [5.74, 6) is 5.65. The van der Waals surface area contributed by atoms with Gasteiger partial charge >= 0.3 is 0 Å². The van der Waals surface area contributed by atoms with Crippen LogP contribution in [0, 0.1) is 5.92 Å². The van der Waals surface area contributed by atoms with Crippen LogP contribution in [-0.4, -0.2) is 24.4 Å². The number of benzene rings is 1. The average molecular weight is 249 g/mol. The molecule has 0 saturated heterocycles. The van der Waals surface area contributed by atoms with E-state index in [1.807, 2.05) is 18.2 Å². The highest BCUT2D eigenvalue weighted by Crippen LogP contribution is 2.12. The molecule has 1 aromatic rings. The van der Waals surface area contributed by atoms with Gasteiger partial charge < -0.3 is 4.90 Å². The van der Waals surface area contributed by atoms with Crippen LogP contribution in [0.15, 0.2) is 24.3 Å². The maximum absolute atomic E-state index is 11.6. The number of nitrogen functional groups attached to an aromatic ring is 1. The molecule has 0 fully saturated rings. The number of amides is 1. The molecule has 0 aliphatic carbocycles. The highest BCUT2D eigenvalue weighted by atomic mass is 16.2. The van der Waals surface area contributed by atoms with Crippen molar-refractivity contribution in [3.05, 3.63) is 35.4 Å². The molecule has 1 rings (SSSR count). The third-order valence-corrected chi connectivity index (χ3v) is 2.92. The SMILES string of the molecule is CC(C)CCN(C)Cc1ccccc1C(=O)NN. The molecule has 0 aliphatic rings. The lowest BCUT2D eigenvalue weighted by Crippen LogP contribution is -2.31. The molecule has 0 atom stereocenters. The number of rotatable bonds is 6. The van der Waals surface area contributed by atoms with Crippen LogP contribution in [0.4, 0.5) is 0 Å². The van der Waals surface area contributed by atoms with Crippen LogP contribution in [0.25, 0.3) is 0 Å². The third-order valence-electron chi connectivity index (χ3n) is 2.92. The number of nitrogens with two attached hydrogens (primary N) is 1. The number of carbonyl (C=O) groups is 1. The van der Waals surface area contributed by atoms with Gasteiger partial charge in [0, 0.05) is 12.1 Å². The Labute approximate surface area is 109 Å². The second-order valence-corrected chi connectivity index (χ2v) is 5.05. The first kappa shape index (κ1) is 14.7. The molecule has 3 N–H and O–H groups in total. The summed E-state index contributed by atoms with van der Waals surface area (Å²) in [5, 5.41) is 0. The molecule has 100 valence electrons. The van der Waals surface area contributed by atoms with E-state index in [1.54, 1.807) is 6.07 Å². The molecule has 18 heavy (non-hydrogen) atoms. The summed E-state index contributed by atoms with van der Waals surface area (Å²) in [7, 11) is 2.07. The summed E-state index contributed by atoms with van der Waals surface area (Å²) in [6, 6.07) is 7.56. The van der Waals surface area contributed by atoms with Crippen molar-refractivity contribution >= 4 is 5.91 Å². The van der Waals surface area contributed by atoms with Crippen molar-refractivity contribution < 1.29 is 4.79 Å². The lowest BCUT2D eigenvalue weighted by atomic mass is 10.1. The topological polar surface area (TPSA) is 58.4 Å². The molecule has 0 radical (unpaired) electrons. The maximum Gasteiger partial charge on any atom is 0.265 e. The van der Waals surface area contributed by atoms with Gasteiger partial charge in [-0.3, -0.25) is 10.2 Å². The average Bonchev–Trinajstić information content (AvgIpc) is 2.36. The normalized spacial score (nSPS) is 11.0. The molecule has 1 amide bonds. The number of nitrogens with one attached hydrogen (secondary N) is 1. The van der Waals surface area contributed by atoms with Gasteiger partial charge in [0.15, 0.2) is 0 Å². The van der Waals surface area contributed by atoms with Crippen LogP contribution in [0.3, 0.4) is 0 Å². The van der Waals surface area contributed by atoms with Gasteiger partial charge in [0.05, 0.1) is 0 Å². The van der Waals surface area contributed by atoms with E-state index in [9.17, 15) is 4.79 Å². The van der Waals surface area contributed by atoms with Crippen molar-refractivity contribution in [3.63, 3.8) is 0 Å². The van der Waals surface area contributed by atoms with Crippen LogP contribution in [0.5, 0.6) is 0 Å². The number of hydrazine groups is 1. The Morgan fingerprint density at radius 3 is 2.67 bits per heavy atom. The number of nitrogens with zero attached hydrogens (tertiary/aromatic N) is 1. The highest BCUT2D eigenvalue weighted by Gasteiger charge is 2.11. The molecule has 0 unspecified atom stereocenters. The van der Waals surface area contributed by atoms with Gasteiger partial charge in [-0.2, -0.15) is 0 Å². The summed E-state index contributed by atoms with van der Waals surface area (Å²) in [6.45, 7) is 6.21. The fourth-order valence-electron chi connectivity index (χ4n) is 1.81. The van der Waals surface area contributed by atoms with E-state index < -0.39 is 0 Å².